The van der Waals surface area contributed by atoms with Crippen LogP contribution in [0.1, 0.15) is 48.7 Å². The van der Waals surface area contributed by atoms with Crippen molar-refractivity contribution in [2.45, 2.75) is 51.6 Å². The van der Waals surface area contributed by atoms with Gasteiger partial charge in [0.1, 0.15) is 17.3 Å². The lowest BCUT2D eigenvalue weighted by Gasteiger charge is -2.42. The second-order valence-corrected chi connectivity index (χ2v) is 8.61. The Kier molecular flexibility index (Phi) is 6.23. The molecule has 1 amide bonds. The van der Waals surface area contributed by atoms with Crippen LogP contribution in [0.5, 0.6) is 0 Å². The molecule has 8 heteroatoms. The molecule has 2 N–H and O–H groups in total. The van der Waals surface area contributed by atoms with E-state index in [1.165, 1.54) is 6.07 Å². The van der Waals surface area contributed by atoms with Gasteiger partial charge in [-0.1, -0.05) is 6.07 Å². The number of amidine groups is 1. The third-order valence-corrected chi connectivity index (χ3v) is 6.68. The topological polar surface area (TPSA) is 87.5 Å². The highest BCUT2D eigenvalue weighted by molar-refractivity contribution is 5.99. The molecular weight excluding hydrogens is 395 g/mol. The summed E-state index contributed by atoms with van der Waals surface area (Å²) in [5.41, 5.74) is 2.01. The summed E-state index contributed by atoms with van der Waals surface area (Å²) in [6, 6.07) is 5.32. The van der Waals surface area contributed by atoms with Gasteiger partial charge in [0.25, 0.3) is 5.91 Å². The molecule has 31 heavy (non-hydrogen) atoms. The maximum atomic E-state index is 14.1. The monoisotopic (exact) mass is 424 g/mol. The summed E-state index contributed by atoms with van der Waals surface area (Å²) in [5, 5.41) is 12.4. The lowest BCUT2D eigenvalue weighted by Crippen LogP contribution is -2.54. The Morgan fingerprint density at radius 1 is 1.29 bits per heavy atom. The number of hydrogen-bond donors (Lipinski definition) is 2. The number of aromatic amines is 1. The van der Waals surface area contributed by atoms with Gasteiger partial charge in [-0.25, -0.2) is 4.39 Å². The zero-order valence-corrected chi connectivity index (χ0v) is 18.1. The number of piperazine rings is 1. The SMILES string of the molecule is CC(=NC#N)N1CCN([C@@H]2CCC[C@@H](NC(=O)c3cc4c(F)ccc(C)c4[nH]3)C2)CC1. The van der Waals surface area contributed by atoms with Crippen molar-refractivity contribution in [1.82, 2.24) is 20.1 Å². The van der Waals surface area contributed by atoms with Gasteiger partial charge < -0.3 is 15.2 Å². The Labute approximate surface area is 181 Å². The van der Waals surface area contributed by atoms with E-state index in [9.17, 15) is 9.18 Å². The summed E-state index contributed by atoms with van der Waals surface area (Å²) in [6.45, 7) is 7.38. The minimum atomic E-state index is -0.317. The molecule has 0 spiro atoms. The molecule has 2 aliphatic rings. The highest BCUT2D eigenvalue weighted by Gasteiger charge is 2.30. The standard InChI is InChI=1S/C23H29FN6O/c1-15-6-7-20(24)19-13-21(28-22(15)19)23(31)27-17-4-3-5-18(12-17)30-10-8-29(9-11-30)16(2)26-14-25/h6-7,13,17-18,28H,3-5,8-12H2,1-2H3,(H,27,31)/t17-,18-/m1/s1. The van der Waals surface area contributed by atoms with E-state index in [4.69, 9.17) is 5.26 Å². The average molecular weight is 425 g/mol. The molecule has 1 aliphatic heterocycles. The fraction of sp³-hybridized carbons (Fsp3) is 0.522. The maximum Gasteiger partial charge on any atom is 0.267 e. The van der Waals surface area contributed by atoms with E-state index in [-0.39, 0.29) is 17.8 Å². The largest absolute Gasteiger partial charge is 0.357 e. The second kappa shape index (κ2) is 9.06. The van der Waals surface area contributed by atoms with Crippen LogP contribution in [0.3, 0.4) is 0 Å². The van der Waals surface area contributed by atoms with Crippen molar-refractivity contribution < 1.29 is 9.18 Å². The quantitative estimate of drug-likeness (QED) is 0.450. The van der Waals surface area contributed by atoms with Gasteiger partial charge in [0, 0.05) is 43.6 Å². The number of carbonyl (C=O) groups excluding carboxylic acids is 1. The average Bonchev–Trinajstić information content (AvgIpc) is 3.24. The van der Waals surface area contributed by atoms with E-state index in [2.05, 4.69) is 25.1 Å². The fourth-order valence-electron chi connectivity index (χ4n) is 4.89. The first-order chi connectivity index (χ1) is 15.0. The van der Waals surface area contributed by atoms with Crippen LogP contribution >= 0.6 is 0 Å². The first-order valence-electron chi connectivity index (χ1n) is 11.0. The van der Waals surface area contributed by atoms with E-state index >= 15 is 0 Å². The molecule has 4 rings (SSSR count). The zero-order chi connectivity index (χ0) is 22.0. The van der Waals surface area contributed by atoms with Crippen LogP contribution in [-0.2, 0) is 0 Å². The number of hydrogen-bond acceptors (Lipinski definition) is 4. The van der Waals surface area contributed by atoms with Gasteiger partial charge in [-0.2, -0.15) is 10.3 Å². The number of carbonyl (C=O) groups is 1. The van der Waals surface area contributed by atoms with Gasteiger partial charge >= 0.3 is 0 Å². The molecule has 2 heterocycles. The van der Waals surface area contributed by atoms with Crippen LogP contribution in [0.25, 0.3) is 10.9 Å². The summed E-state index contributed by atoms with van der Waals surface area (Å²) in [4.78, 5) is 24.4. The number of rotatable bonds is 3. The minimum absolute atomic E-state index is 0.114. The summed E-state index contributed by atoms with van der Waals surface area (Å²) in [5.74, 6) is 0.289. The smallest absolute Gasteiger partial charge is 0.267 e. The number of nitrogens with zero attached hydrogens (tertiary/aromatic N) is 4. The minimum Gasteiger partial charge on any atom is -0.357 e. The molecule has 0 unspecified atom stereocenters. The van der Waals surface area contributed by atoms with Crippen molar-refractivity contribution in [3.63, 3.8) is 0 Å². The first kappa shape index (κ1) is 21.3. The van der Waals surface area contributed by atoms with Gasteiger partial charge in [0.15, 0.2) is 0 Å². The van der Waals surface area contributed by atoms with Crippen LogP contribution in [0.2, 0.25) is 0 Å². The molecule has 0 radical (unpaired) electrons. The lowest BCUT2D eigenvalue weighted by atomic mass is 9.89. The number of fused-ring (bicyclic) bond motifs is 1. The van der Waals surface area contributed by atoms with Crippen molar-refractivity contribution in [2.75, 3.05) is 26.2 Å². The Bertz CT molecular complexity index is 992. The number of amides is 1. The van der Waals surface area contributed by atoms with E-state index in [1.807, 2.05) is 20.0 Å². The Morgan fingerprint density at radius 3 is 2.77 bits per heavy atom. The van der Waals surface area contributed by atoms with Gasteiger partial charge in [-0.15, -0.1) is 0 Å². The van der Waals surface area contributed by atoms with E-state index in [0.29, 0.717) is 22.6 Å². The molecule has 1 aromatic carbocycles. The van der Waals surface area contributed by atoms with Gasteiger partial charge in [0.05, 0.1) is 5.52 Å². The van der Waals surface area contributed by atoms with E-state index in [0.717, 1.165) is 63.3 Å². The van der Waals surface area contributed by atoms with E-state index in [1.54, 1.807) is 12.1 Å². The molecule has 2 fully saturated rings. The second-order valence-electron chi connectivity index (χ2n) is 8.61. The third-order valence-electron chi connectivity index (χ3n) is 6.68. The number of aliphatic imine (C=N–C) groups is 1. The molecule has 1 saturated carbocycles. The third kappa shape index (κ3) is 4.57. The summed E-state index contributed by atoms with van der Waals surface area (Å²) >= 11 is 0. The van der Waals surface area contributed by atoms with Crippen LogP contribution < -0.4 is 5.32 Å². The molecule has 2 aromatic rings. The van der Waals surface area contributed by atoms with Gasteiger partial charge in [-0.05, 0) is 57.2 Å². The van der Waals surface area contributed by atoms with Crippen LogP contribution in [-0.4, -0.2) is 64.8 Å². The highest BCUT2D eigenvalue weighted by atomic mass is 19.1. The molecule has 0 bridgehead atoms. The number of nitrogens with one attached hydrogen (secondary N) is 2. The number of nitriles is 1. The van der Waals surface area contributed by atoms with Crippen molar-refractivity contribution in [2.24, 2.45) is 4.99 Å². The lowest BCUT2D eigenvalue weighted by molar-refractivity contribution is 0.0823. The van der Waals surface area contributed by atoms with Crippen LogP contribution in [0.4, 0.5) is 4.39 Å². The molecule has 1 aromatic heterocycles. The predicted octanol–water partition coefficient (Wildman–Crippen LogP) is 3.17. The molecule has 1 aliphatic carbocycles. The number of aromatic nitrogens is 1. The zero-order valence-electron chi connectivity index (χ0n) is 18.1. The van der Waals surface area contributed by atoms with Crippen molar-refractivity contribution in [3.8, 4) is 6.19 Å². The van der Waals surface area contributed by atoms with Gasteiger partial charge in [-0.3, -0.25) is 9.69 Å². The van der Waals surface area contributed by atoms with Crippen molar-refractivity contribution >= 4 is 22.6 Å². The normalized spacial score (nSPS) is 23.0. The summed E-state index contributed by atoms with van der Waals surface area (Å²) < 4.78 is 14.1. The predicted molar refractivity (Wildman–Crippen MR) is 118 cm³/mol. The molecule has 164 valence electrons. The Balaban J connectivity index is 1.36. The number of H-pyrrole nitrogens is 1. The maximum absolute atomic E-state index is 14.1. The summed E-state index contributed by atoms with van der Waals surface area (Å²) in [7, 11) is 0. The fourth-order valence-corrected chi connectivity index (χ4v) is 4.89. The molecule has 2 atom stereocenters. The highest BCUT2D eigenvalue weighted by Crippen LogP contribution is 2.26. The Morgan fingerprint density at radius 2 is 2.06 bits per heavy atom. The molecule has 7 nitrogen and oxygen atoms in total. The number of benzene rings is 1. The van der Waals surface area contributed by atoms with Crippen molar-refractivity contribution in [1.29, 1.82) is 5.26 Å². The van der Waals surface area contributed by atoms with Crippen molar-refractivity contribution in [3.05, 3.63) is 35.3 Å². The number of aryl methyl sites for hydroxylation is 1. The molecule has 1 saturated heterocycles. The van der Waals surface area contributed by atoms with Crippen LogP contribution in [0.15, 0.2) is 23.2 Å². The van der Waals surface area contributed by atoms with E-state index < -0.39 is 0 Å². The molecular formula is C23H29FN6O. The van der Waals surface area contributed by atoms with Crippen LogP contribution in [0, 0.1) is 24.2 Å². The first-order valence-corrected chi connectivity index (χ1v) is 11.0. The Hall–Kier alpha value is -2.92. The summed E-state index contributed by atoms with van der Waals surface area (Å²) in [6.07, 6.45) is 5.95. The number of halogens is 1. The van der Waals surface area contributed by atoms with Gasteiger partial charge in [0.2, 0.25) is 6.19 Å².